The van der Waals surface area contributed by atoms with Crippen LogP contribution in [0.5, 0.6) is 0 Å². The van der Waals surface area contributed by atoms with E-state index in [1.54, 1.807) is 36.4 Å². The van der Waals surface area contributed by atoms with Crippen molar-refractivity contribution in [1.29, 1.82) is 0 Å². The Balaban J connectivity index is 1.61. The van der Waals surface area contributed by atoms with Crippen LogP contribution in [-0.2, 0) is 18.9 Å². The van der Waals surface area contributed by atoms with Crippen LogP contribution in [0.3, 0.4) is 0 Å². The van der Waals surface area contributed by atoms with Crippen molar-refractivity contribution in [2.45, 2.75) is 82.1 Å². The molecular weight excluding hydrogens is 488 g/mol. The van der Waals surface area contributed by atoms with E-state index in [4.69, 9.17) is 18.9 Å². The summed E-state index contributed by atoms with van der Waals surface area (Å²) in [4.78, 5) is 13.6. The highest BCUT2D eigenvalue weighted by Crippen LogP contribution is 2.64. The number of hydrogen-bond acceptors (Lipinski definition) is 8. The molecule has 38 heavy (non-hydrogen) atoms. The highest BCUT2D eigenvalue weighted by atomic mass is 16.7. The van der Waals surface area contributed by atoms with Crippen molar-refractivity contribution >= 4 is 5.97 Å². The zero-order valence-corrected chi connectivity index (χ0v) is 22.2. The lowest BCUT2D eigenvalue weighted by atomic mass is 9.46. The first-order valence-electron chi connectivity index (χ1n) is 13.2. The average Bonchev–Trinajstić information content (AvgIpc) is 3.30. The molecule has 204 valence electrons. The minimum atomic E-state index is -1.76. The Hall–Kier alpha value is -2.33. The molecule has 3 N–H and O–H groups in total. The molecule has 8 nitrogen and oxygen atoms in total. The molecule has 0 amide bonds. The molecule has 0 spiro atoms. The van der Waals surface area contributed by atoms with E-state index in [9.17, 15) is 20.1 Å². The molecule has 0 radical (unpaired) electrons. The normalized spacial score (nSPS) is 46.6. The van der Waals surface area contributed by atoms with E-state index in [-0.39, 0.29) is 13.0 Å². The van der Waals surface area contributed by atoms with Crippen LogP contribution in [0.2, 0.25) is 0 Å². The van der Waals surface area contributed by atoms with Crippen LogP contribution in [0.15, 0.2) is 66.3 Å². The Morgan fingerprint density at radius 2 is 1.87 bits per heavy atom. The number of aliphatic hydroxyl groups excluding tert-OH is 1. The summed E-state index contributed by atoms with van der Waals surface area (Å²) in [6, 6.07) is 8.57. The molecule has 10 unspecified atom stereocenters. The van der Waals surface area contributed by atoms with Crippen LogP contribution < -0.4 is 0 Å². The van der Waals surface area contributed by atoms with Gasteiger partial charge in [0.05, 0.1) is 18.3 Å². The molecule has 0 aromatic heterocycles. The van der Waals surface area contributed by atoms with Gasteiger partial charge in [0.15, 0.2) is 6.29 Å². The second-order valence-electron chi connectivity index (χ2n) is 12.2. The van der Waals surface area contributed by atoms with Crippen LogP contribution in [0.1, 0.15) is 44.5 Å². The quantitative estimate of drug-likeness (QED) is 0.409. The van der Waals surface area contributed by atoms with E-state index >= 15 is 0 Å². The maximum Gasteiger partial charge on any atom is 0.338 e. The molecule has 1 saturated carbocycles. The van der Waals surface area contributed by atoms with Gasteiger partial charge in [0.25, 0.3) is 0 Å². The van der Waals surface area contributed by atoms with Gasteiger partial charge in [-0.2, -0.15) is 0 Å². The third kappa shape index (κ3) is 3.22. The molecule has 3 aliphatic carbocycles. The Kier molecular flexibility index (Phi) is 5.69. The fourth-order valence-electron chi connectivity index (χ4n) is 7.76. The third-order valence-corrected chi connectivity index (χ3v) is 9.95. The molecule has 2 aliphatic heterocycles. The molecule has 10 atom stereocenters. The van der Waals surface area contributed by atoms with Gasteiger partial charge in [0, 0.05) is 23.2 Å². The summed E-state index contributed by atoms with van der Waals surface area (Å²) in [6.07, 6.45) is 0.382. The van der Waals surface area contributed by atoms with Crippen molar-refractivity contribution in [3.05, 3.63) is 71.8 Å². The second kappa shape index (κ2) is 8.34. The maximum atomic E-state index is 13.6. The summed E-state index contributed by atoms with van der Waals surface area (Å²) < 4.78 is 24.8. The summed E-state index contributed by atoms with van der Waals surface area (Å²) in [6.45, 7) is 11.4. The van der Waals surface area contributed by atoms with Crippen LogP contribution in [0, 0.1) is 16.7 Å². The lowest BCUT2D eigenvalue weighted by molar-refractivity contribution is -0.312. The van der Waals surface area contributed by atoms with E-state index in [1.807, 2.05) is 39.8 Å². The Morgan fingerprint density at radius 3 is 2.50 bits per heavy atom. The zero-order valence-electron chi connectivity index (χ0n) is 22.2. The predicted octanol–water partition coefficient (Wildman–Crippen LogP) is 2.68. The van der Waals surface area contributed by atoms with Crippen molar-refractivity contribution in [3.8, 4) is 0 Å². The number of benzene rings is 1. The lowest BCUT2D eigenvalue weighted by Gasteiger charge is -2.65. The number of rotatable bonds is 3. The molecule has 2 saturated heterocycles. The zero-order chi connectivity index (χ0) is 27.3. The predicted molar refractivity (Wildman–Crippen MR) is 137 cm³/mol. The van der Waals surface area contributed by atoms with E-state index < -0.39 is 70.7 Å². The summed E-state index contributed by atoms with van der Waals surface area (Å²) in [5.41, 5.74) is -3.46. The highest BCUT2D eigenvalue weighted by Gasteiger charge is 2.74. The molecule has 5 aliphatic rings. The van der Waals surface area contributed by atoms with Gasteiger partial charge < -0.3 is 34.3 Å². The number of carbonyl (C=O) groups excluding carboxylic acids is 1. The molecule has 6 rings (SSSR count). The summed E-state index contributed by atoms with van der Waals surface area (Å²) in [7, 11) is 0. The topological polar surface area (TPSA) is 115 Å². The fraction of sp³-hybridized carbons (Fsp3) is 0.567. The molecule has 3 fully saturated rings. The van der Waals surface area contributed by atoms with Crippen molar-refractivity contribution in [1.82, 2.24) is 0 Å². The molecule has 2 bridgehead atoms. The summed E-state index contributed by atoms with van der Waals surface area (Å²) in [5.74, 6) is -1.47. The first kappa shape index (κ1) is 25.9. The van der Waals surface area contributed by atoms with Crippen LogP contribution >= 0.6 is 0 Å². The van der Waals surface area contributed by atoms with Crippen molar-refractivity contribution in [2.75, 3.05) is 6.61 Å². The number of ether oxygens (including phenoxy) is 4. The number of hydrogen-bond donors (Lipinski definition) is 3. The number of esters is 1. The van der Waals surface area contributed by atoms with Gasteiger partial charge >= 0.3 is 5.97 Å². The monoisotopic (exact) mass is 524 g/mol. The maximum absolute atomic E-state index is 13.6. The fourth-order valence-corrected chi connectivity index (χ4v) is 7.76. The molecule has 1 aromatic carbocycles. The largest absolute Gasteiger partial charge is 0.455 e. The molecule has 1 aromatic rings. The van der Waals surface area contributed by atoms with Crippen LogP contribution in [0.25, 0.3) is 0 Å². The second-order valence-corrected chi connectivity index (χ2v) is 12.2. The molecule has 2 heterocycles. The summed E-state index contributed by atoms with van der Waals surface area (Å²) >= 11 is 0. The Morgan fingerprint density at radius 1 is 1.16 bits per heavy atom. The van der Waals surface area contributed by atoms with E-state index in [0.29, 0.717) is 16.7 Å². The van der Waals surface area contributed by atoms with Gasteiger partial charge in [0.1, 0.15) is 35.6 Å². The Bertz CT molecular complexity index is 1220. The first-order valence-corrected chi connectivity index (χ1v) is 13.2. The average molecular weight is 525 g/mol. The third-order valence-electron chi connectivity index (χ3n) is 9.95. The minimum absolute atomic E-state index is 0.00552. The highest BCUT2D eigenvalue weighted by molar-refractivity contribution is 5.89. The van der Waals surface area contributed by atoms with Crippen LogP contribution in [0.4, 0.5) is 0 Å². The van der Waals surface area contributed by atoms with Crippen molar-refractivity contribution in [3.63, 3.8) is 0 Å². The minimum Gasteiger partial charge on any atom is -0.455 e. The standard InChI is InChI=1S/C30H36O8/c1-6-20-36-22-21-16(2)18(31)14-30(34,27(21,3)4)25(38-26(32)17-10-8-7-9-11-17)23-28(5,24(22)37-20)13-12-19-29(23,33)15-35-19/h6-13,18-20,22-25,31,33-34H,1,14-15H2,2-5H3. The molecule has 8 heteroatoms. The van der Waals surface area contributed by atoms with Gasteiger partial charge in [-0.1, -0.05) is 57.7 Å². The van der Waals surface area contributed by atoms with Crippen molar-refractivity contribution in [2.24, 2.45) is 16.7 Å². The Labute approximate surface area is 222 Å². The van der Waals surface area contributed by atoms with Gasteiger partial charge in [-0.05, 0) is 36.3 Å². The first-order chi connectivity index (χ1) is 17.9. The number of aliphatic hydroxyl groups is 3. The van der Waals surface area contributed by atoms with Gasteiger partial charge in [-0.15, -0.1) is 0 Å². The smallest absolute Gasteiger partial charge is 0.338 e. The lowest BCUT2D eigenvalue weighted by Crippen LogP contribution is -2.77. The number of fused-ring (bicyclic) bond motifs is 8. The van der Waals surface area contributed by atoms with E-state index in [0.717, 1.165) is 0 Å². The summed E-state index contributed by atoms with van der Waals surface area (Å²) in [5, 5.41) is 36.2. The van der Waals surface area contributed by atoms with E-state index in [1.165, 1.54) is 0 Å². The SMILES string of the molecule is C=CC1OC2C3=C(C)C(O)CC(O)(C(OC(=O)c4ccccc4)C4C(C)(C=CC5OCC54O)C2O1)C3(C)C. The number of carbonyl (C=O) groups is 1. The van der Waals surface area contributed by atoms with Crippen LogP contribution in [-0.4, -0.2) is 75.9 Å². The van der Waals surface area contributed by atoms with Gasteiger partial charge in [-0.3, -0.25) is 0 Å². The van der Waals surface area contributed by atoms with Gasteiger partial charge in [-0.25, -0.2) is 4.79 Å². The molecular formula is C30H36O8. The van der Waals surface area contributed by atoms with Crippen molar-refractivity contribution < 1.29 is 39.1 Å². The van der Waals surface area contributed by atoms with E-state index in [2.05, 4.69) is 6.58 Å². The van der Waals surface area contributed by atoms with Gasteiger partial charge in [0.2, 0.25) is 0 Å².